The first-order valence-electron chi connectivity index (χ1n) is 5.27. The van der Waals surface area contributed by atoms with Crippen LogP contribution in [0.1, 0.15) is 24.2 Å². The number of nitrogens with zero attached hydrogens (tertiary/aromatic N) is 2. The van der Waals surface area contributed by atoms with Crippen molar-refractivity contribution in [1.82, 2.24) is 9.78 Å². The Morgan fingerprint density at radius 1 is 1.47 bits per heavy atom. The smallest absolute Gasteiger partial charge is 0.141 e. The second kappa shape index (κ2) is 4.85. The van der Waals surface area contributed by atoms with Gasteiger partial charge in [-0.15, -0.1) is 0 Å². The van der Waals surface area contributed by atoms with E-state index in [0.29, 0.717) is 11.1 Å². The lowest BCUT2D eigenvalue weighted by Gasteiger charge is -2.09. The van der Waals surface area contributed by atoms with Crippen molar-refractivity contribution in [3.8, 4) is 0 Å². The highest BCUT2D eigenvalue weighted by Gasteiger charge is 2.14. The van der Waals surface area contributed by atoms with Gasteiger partial charge in [0, 0.05) is 18.3 Å². The van der Waals surface area contributed by atoms with Gasteiger partial charge in [0.05, 0.1) is 11.2 Å². The molecule has 1 N–H and O–H groups in total. The molecular formula is C12H12ClFN2O. The van der Waals surface area contributed by atoms with Crippen molar-refractivity contribution in [3.63, 3.8) is 0 Å². The molecule has 2 rings (SSSR count). The Hall–Kier alpha value is -1.39. The summed E-state index contributed by atoms with van der Waals surface area (Å²) in [6, 6.07) is 4.17. The van der Waals surface area contributed by atoms with Crippen LogP contribution in [0.2, 0.25) is 5.02 Å². The molecule has 1 aromatic carbocycles. The van der Waals surface area contributed by atoms with Crippen molar-refractivity contribution < 1.29 is 9.50 Å². The topological polar surface area (TPSA) is 38.0 Å². The van der Waals surface area contributed by atoms with Gasteiger partial charge in [0.2, 0.25) is 0 Å². The summed E-state index contributed by atoms with van der Waals surface area (Å²) in [5.74, 6) is -0.494. The van der Waals surface area contributed by atoms with Gasteiger partial charge < -0.3 is 5.11 Å². The molecule has 0 aliphatic carbocycles. The summed E-state index contributed by atoms with van der Waals surface area (Å²) in [7, 11) is 0. The molecule has 90 valence electrons. The molecule has 0 spiro atoms. The number of hydrogen-bond donors (Lipinski definition) is 1. The van der Waals surface area contributed by atoms with Crippen LogP contribution in [0, 0.1) is 5.82 Å². The molecule has 0 fully saturated rings. The summed E-state index contributed by atoms with van der Waals surface area (Å²) >= 11 is 5.67. The lowest BCUT2D eigenvalue weighted by atomic mass is 10.0. The maximum Gasteiger partial charge on any atom is 0.141 e. The number of aliphatic hydroxyl groups excluding tert-OH is 1. The number of aryl methyl sites for hydroxylation is 1. The van der Waals surface area contributed by atoms with Crippen molar-refractivity contribution in [1.29, 1.82) is 0 Å². The monoisotopic (exact) mass is 254 g/mol. The zero-order chi connectivity index (χ0) is 12.4. The molecule has 0 saturated heterocycles. The number of aromatic nitrogens is 2. The average molecular weight is 255 g/mol. The van der Waals surface area contributed by atoms with E-state index in [0.717, 1.165) is 6.54 Å². The molecule has 1 unspecified atom stereocenters. The number of benzene rings is 1. The quantitative estimate of drug-likeness (QED) is 0.915. The third-order valence-corrected chi connectivity index (χ3v) is 2.84. The first kappa shape index (κ1) is 12.1. The number of aliphatic hydroxyl groups is 1. The highest BCUT2D eigenvalue weighted by atomic mass is 35.5. The van der Waals surface area contributed by atoms with E-state index in [1.165, 1.54) is 18.2 Å². The fourth-order valence-corrected chi connectivity index (χ4v) is 1.76. The molecule has 5 heteroatoms. The Labute approximate surface area is 103 Å². The van der Waals surface area contributed by atoms with Crippen molar-refractivity contribution in [2.75, 3.05) is 0 Å². The van der Waals surface area contributed by atoms with E-state index < -0.39 is 11.9 Å². The predicted octanol–water partition coefficient (Wildman–Crippen LogP) is 2.78. The maximum atomic E-state index is 13.0. The second-order valence-corrected chi connectivity index (χ2v) is 4.11. The number of hydrogen-bond acceptors (Lipinski definition) is 2. The Morgan fingerprint density at radius 2 is 2.24 bits per heavy atom. The van der Waals surface area contributed by atoms with E-state index in [2.05, 4.69) is 5.10 Å². The molecule has 1 aromatic heterocycles. The molecule has 0 amide bonds. The van der Waals surface area contributed by atoms with E-state index in [9.17, 15) is 9.50 Å². The molecule has 0 radical (unpaired) electrons. The first-order valence-corrected chi connectivity index (χ1v) is 5.65. The van der Waals surface area contributed by atoms with Crippen molar-refractivity contribution in [2.24, 2.45) is 0 Å². The molecule has 1 heterocycles. The van der Waals surface area contributed by atoms with Crippen LogP contribution in [-0.2, 0) is 6.54 Å². The van der Waals surface area contributed by atoms with Crippen LogP contribution in [0.4, 0.5) is 4.39 Å². The summed E-state index contributed by atoms with van der Waals surface area (Å²) in [6.07, 6.45) is 2.50. The SMILES string of the molecule is CCn1cc(C(O)c2ccc(F)c(Cl)c2)cn1. The van der Waals surface area contributed by atoms with Gasteiger partial charge in [0.25, 0.3) is 0 Å². The van der Waals surface area contributed by atoms with Crippen molar-refractivity contribution in [3.05, 3.63) is 52.6 Å². The van der Waals surface area contributed by atoms with Gasteiger partial charge in [-0.25, -0.2) is 4.39 Å². The Morgan fingerprint density at radius 3 is 2.82 bits per heavy atom. The first-order chi connectivity index (χ1) is 8.11. The van der Waals surface area contributed by atoms with E-state index >= 15 is 0 Å². The van der Waals surface area contributed by atoms with Crippen LogP contribution in [0.3, 0.4) is 0 Å². The van der Waals surface area contributed by atoms with Gasteiger partial charge in [-0.2, -0.15) is 5.10 Å². The van der Waals surface area contributed by atoms with E-state index in [-0.39, 0.29) is 5.02 Å². The highest BCUT2D eigenvalue weighted by Crippen LogP contribution is 2.25. The van der Waals surface area contributed by atoms with Crippen LogP contribution in [-0.4, -0.2) is 14.9 Å². The molecular weight excluding hydrogens is 243 g/mol. The average Bonchev–Trinajstić information content (AvgIpc) is 2.80. The van der Waals surface area contributed by atoms with Gasteiger partial charge in [-0.05, 0) is 24.6 Å². The summed E-state index contributed by atoms with van der Waals surface area (Å²) in [5, 5.41) is 14.2. The fraction of sp³-hybridized carbons (Fsp3) is 0.250. The molecule has 2 aromatic rings. The van der Waals surface area contributed by atoms with E-state index in [1.54, 1.807) is 17.1 Å². The third-order valence-electron chi connectivity index (χ3n) is 2.55. The van der Waals surface area contributed by atoms with Crippen molar-refractivity contribution in [2.45, 2.75) is 19.6 Å². The third kappa shape index (κ3) is 2.48. The lowest BCUT2D eigenvalue weighted by Crippen LogP contribution is -1.99. The molecule has 1 atom stereocenters. The van der Waals surface area contributed by atoms with Crippen LogP contribution < -0.4 is 0 Å². The molecule has 0 aliphatic heterocycles. The van der Waals surface area contributed by atoms with Gasteiger partial charge in [-0.1, -0.05) is 17.7 Å². The van der Waals surface area contributed by atoms with Gasteiger partial charge in [0.1, 0.15) is 11.9 Å². The minimum absolute atomic E-state index is 0.00410. The minimum atomic E-state index is -0.839. The Balaban J connectivity index is 2.29. The predicted molar refractivity (Wildman–Crippen MR) is 63.4 cm³/mol. The highest BCUT2D eigenvalue weighted by molar-refractivity contribution is 6.30. The summed E-state index contributed by atoms with van der Waals surface area (Å²) < 4.78 is 14.7. The van der Waals surface area contributed by atoms with Crippen LogP contribution in [0.5, 0.6) is 0 Å². The molecule has 0 saturated carbocycles. The summed E-state index contributed by atoms with van der Waals surface area (Å²) in [6.45, 7) is 2.69. The number of rotatable bonds is 3. The molecule has 0 aliphatic rings. The zero-order valence-electron chi connectivity index (χ0n) is 9.27. The molecule has 0 bridgehead atoms. The van der Waals surface area contributed by atoms with E-state index in [4.69, 9.17) is 11.6 Å². The van der Waals surface area contributed by atoms with Gasteiger partial charge in [-0.3, -0.25) is 4.68 Å². The van der Waals surface area contributed by atoms with Crippen LogP contribution >= 0.6 is 11.6 Å². The zero-order valence-corrected chi connectivity index (χ0v) is 10.0. The van der Waals surface area contributed by atoms with Crippen molar-refractivity contribution >= 4 is 11.6 Å². The second-order valence-electron chi connectivity index (χ2n) is 3.71. The Bertz CT molecular complexity index is 527. The van der Waals surface area contributed by atoms with E-state index in [1.807, 2.05) is 6.92 Å². The molecule has 3 nitrogen and oxygen atoms in total. The lowest BCUT2D eigenvalue weighted by molar-refractivity contribution is 0.220. The summed E-state index contributed by atoms with van der Waals surface area (Å²) in [4.78, 5) is 0. The number of halogens is 2. The largest absolute Gasteiger partial charge is 0.384 e. The van der Waals surface area contributed by atoms with Crippen LogP contribution in [0.15, 0.2) is 30.6 Å². The normalized spacial score (nSPS) is 12.7. The summed E-state index contributed by atoms with van der Waals surface area (Å²) in [5.41, 5.74) is 1.21. The fourth-order valence-electron chi connectivity index (χ4n) is 1.57. The molecule has 17 heavy (non-hydrogen) atoms. The standard InChI is InChI=1S/C12H12ClFN2O/c1-2-16-7-9(6-15-16)12(17)8-3-4-11(14)10(13)5-8/h3-7,12,17H,2H2,1H3. The van der Waals surface area contributed by atoms with Gasteiger partial charge in [0.15, 0.2) is 0 Å². The van der Waals surface area contributed by atoms with Gasteiger partial charge >= 0.3 is 0 Å². The Kier molecular flexibility index (Phi) is 3.45. The van der Waals surface area contributed by atoms with Crippen LogP contribution in [0.25, 0.3) is 0 Å². The maximum absolute atomic E-state index is 13.0. The minimum Gasteiger partial charge on any atom is -0.384 e.